The first-order chi connectivity index (χ1) is 17.9. The van der Waals surface area contributed by atoms with Crippen LogP contribution < -0.4 is 14.8 Å². The molecule has 0 radical (unpaired) electrons. The monoisotopic (exact) mass is 514 g/mol. The van der Waals surface area contributed by atoms with Gasteiger partial charge < -0.3 is 24.8 Å². The third-order valence-electron chi connectivity index (χ3n) is 7.73. The van der Waals surface area contributed by atoms with Crippen LogP contribution in [0.25, 0.3) is 0 Å². The van der Waals surface area contributed by atoms with E-state index in [1.165, 1.54) is 17.5 Å². The minimum absolute atomic E-state index is 0.120. The number of halogens is 2. The first kappa shape index (κ1) is 25.9. The Bertz CT molecular complexity index is 1100. The van der Waals surface area contributed by atoms with Crippen LogP contribution in [0, 0.1) is 0 Å². The quantitative estimate of drug-likeness (QED) is 0.525. The average Bonchev–Trinajstić information content (AvgIpc) is 3.44. The summed E-state index contributed by atoms with van der Waals surface area (Å²) in [7, 11) is 0. The molecule has 0 spiro atoms. The average molecular weight is 515 g/mol. The zero-order valence-corrected chi connectivity index (χ0v) is 21.2. The maximum atomic E-state index is 15.1. The molecule has 2 aromatic carbocycles. The van der Waals surface area contributed by atoms with Gasteiger partial charge in [-0.15, -0.1) is 0 Å². The number of benzene rings is 2. The van der Waals surface area contributed by atoms with Crippen molar-refractivity contribution in [3.05, 3.63) is 58.7 Å². The lowest BCUT2D eigenvalue weighted by Crippen LogP contribution is -2.51. The molecule has 3 aliphatic rings. The van der Waals surface area contributed by atoms with E-state index >= 15 is 8.78 Å². The molecule has 0 aromatic heterocycles. The number of aryl methyl sites for hydroxylation is 3. The van der Waals surface area contributed by atoms with Crippen LogP contribution in [0.4, 0.5) is 8.78 Å². The van der Waals surface area contributed by atoms with Crippen LogP contribution in [-0.4, -0.2) is 60.7 Å². The molecule has 0 bridgehead atoms. The van der Waals surface area contributed by atoms with Crippen LogP contribution in [-0.2, 0) is 24.1 Å². The van der Waals surface area contributed by atoms with Crippen LogP contribution in [0.1, 0.15) is 60.5 Å². The molecular weight excluding hydrogens is 478 g/mol. The van der Waals surface area contributed by atoms with E-state index < -0.39 is 30.4 Å². The molecule has 37 heavy (non-hydrogen) atoms. The molecule has 2 aliphatic heterocycles. The molecule has 2 N–H and O–H groups in total. The molecule has 1 amide bonds. The molecule has 1 aliphatic carbocycles. The predicted molar refractivity (Wildman–Crippen MR) is 136 cm³/mol. The second kappa shape index (κ2) is 11.4. The highest BCUT2D eigenvalue weighted by atomic mass is 19.3. The van der Waals surface area contributed by atoms with Crippen molar-refractivity contribution in [2.75, 3.05) is 32.8 Å². The number of nitrogens with zero attached hydrogens (tertiary/aromatic N) is 1. The second-order valence-electron chi connectivity index (χ2n) is 10.5. The summed E-state index contributed by atoms with van der Waals surface area (Å²) in [5.74, 6) is -3.81. The zero-order valence-electron chi connectivity index (χ0n) is 21.2. The van der Waals surface area contributed by atoms with Gasteiger partial charge in [0.1, 0.15) is 19.3 Å². The van der Waals surface area contributed by atoms with E-state index in [4.69, 9.17) is 9.47 Å². The summed E-state index contributed by atoms with van der Waals surface area (Å²) in [4.78, 5) is 14.9. The Labute approximate surface area is 216 Å². The van der Waals surface area contributed by atoms with Gasteiger partial charge in [0.15, 0.2) is 11.5 Å². The third-order valence-corrected chi connectivity index (χ3v) is 7.73. The Hall–Kier alpha value is -2.71. The molecule has 200 valence electrons. The Morgan fingerprint density at radius 3 is 2.49 bits per heavy atom. The minimum Gasteiger partial charge on any atom is -0.486 e. The third kappa shape index (κ3) is 6.24. The van der Waals surface area contributed by atoms with Crippen molar-refractivity contribution in [3.63, 3.8) is 0 Å². The highest BCUT2D eigenvalue weighted by Gasteiger charge is 2.41. The summed E-state index contributed by atoms with van der Waals surface area (Å²) in [6, 6.07) is 10.1. The number of rotatable bonds is 9. The maximum absolute atomic E-state index is 15.1. The highest BCUT2D eigenvalue weighted by Crippen LogP contribution is 2.34. The van der Waals surface area contributed by atoms with Crippen molar-refractivity contribution >= 4 is 5.91 Å². The van der Waals surface area contributed by atoms with Crippen molar-refractivity contribution in [3.8, 4) is 11.5 Å². The number of likely N-dealkylation sites (tertiary alicyclic amines) is 1. The highest BCUT2D eigenvalue weighted by molar-refractivity contribution is 5.83. The first-order valence-electron chi connectivity index (χ1n) is 13.5. The fourth-order valence-corrected chi connectivity index (χ4v) is 5.58. The topological polar surface area (TPSA) is 71.0 Å². The summed E-state index contributed by atoms with van der Waals surface area (Å²) < 4.78 is 41.3. The summed E-state index contributed by atoms with van der Waals surface area (Å²) in [5, 5.41) is 13.7. The molecule has 1 saturated heterocycles. The number of fused-ring (bicyclic) bond motifs is 2. The summed E-state index contributed by atoms with van der Waals surface area (Å²) in [6.45, 7) is 2.77. The number of carbonyl (C=O) groups is 1. The number of aliphatic hydroxyl groups is 1. The van der Waals surface area contributed by atoms with Gasteiger partial charge in [-0.2, -0.15) is 8.78 Å². The molecule has 8 heteroatoms. The lowest BCUT2D eigenvalue weighted by atomic mass is 9.89. The number of aliphatic hydroxyl groups excluding tert-OH is 1. The number of amides is 1. The van der Waals surface area contributed by atoms with Gasteiger partial charge in [0.2, 0.25) is 0 Å². The largest absolute Gasteiger partial charge is 0.486 e. The van der Waals surface area contributed by atoms with Gasteiger partial charge in [-0.25, -0.2) is 0 Å². The molecule has 0 saturated carbocycles. The van der Waals surface area contributed by atoms with Gasteiger partial charge in [0, 0.05) is 13.0 Å². The first-order valence-corrected chi connectivity index (χ1v) is 13.5. The maximum Gasteiger partial charge on any atom is 0.324 e. The predicted octanol–water partition coefficient (Wildman–Crippen LogP) is 4.22. The SMILES string of the molecule is O=C(NC(CN1CCCC1)C(O)c1ccc2c(c1)OCCO2)C(F)(F)CCc1ccc2c(c1)CCCC2. The molecule has 2 unspecified atom stereocenters. The molecule has 2 heterocycles. The number of alkyl halides is 2. The fourth-order valence-electron chi connectivity index (χ4n) is 5.58. The Morgan fingerprint density at radius 1 is 0.973 bits per heavy atom. The van der Waals surface area contributed by atoms with Gasteiger partial charge in [-0.05, 0) is 92.4 Å². The van der Waals surface area contributed by atoms with Crippen molar-refractivity contribution in [1.29, 1.82) is 0 Å². The smallest absolute Gasteiger partial charge is 0.324 e. The molecule has 6 nitrogen and oxygen atoms in total. The summed E-state index contributed by atoms with van der Waals surface area (Å²) in [6.07, 6.45) is 4.71. The van der Waals surface area contributed by atoms with E-state index in [0.717, 1.165) is 50.8 Å². The molecule has 1 fully saturated rings. The van der Waals surface area contributed by atoms with Crippen molar-refractivity contribution in [2.24, 2.45) is 0 Å². The van der Waals surface area contributed by atoms with Gasteiger partial charge in [-0.1, -0.05) is 24.3 Å². The van der Waals surface area contributed by atoms with Crippen LogP contribution in [0.5, 0.6) is 11.5 Å². The van der Waals surface area contributed by atoms with Gasteiger partial charge in [0.25, 0.3) is 5.91 Å². The van der Waals surface area contributed by atoms with E-state index in [0.29, 0.717) is 36.8 Å². The van der Waals surface area contributed by atoms with Gasteiger partial charge in [-0.3, -0.25) is 4.79 Å². The number of hydrogen-bond acceptors (Lipinski definition) is 5. The standard InChI is InChI=1S/C29H36F2N2O4/c30-29(31,12-11-20-7-8-21-5-1-2-6-22(21)17-20)28(35)32-24(19-33-13-3-4-14-33)27(34)23-9-10-25-26(18-23)37-16-15-36-25/h7-10,17-18,24,27,34H,1-6,11-16,19H2,(H,32,35). The number of nitrogens with one attached hydrogen (secondary N) is 1. The zero-order chi connectivity index (χ0) is 25.8. The van der Waals surface area contributed by atoms with Crippen molar-refractivity contribution in [1.82, 2.24) is 10.2 Å². The Morgan fingerprint density at radius 2 is 1.70 bits per heavy atom. The molecular formula is C29H36F2N2O4. The molecule has 2 aromatic rings. The summed E-state index contributed by atoms with van der Waals surface area (Å²) >= 11 is 0. The number of carbonyl (C=O) groups excluding carboxylic acids is 1. The summed E-state index contributed by atoms with van der Waals surface area (Å²) in [5.41, 5.74) is 3.87. The minimum atomic E-state index is -3.55. The normalized spacial score (nSPS) is 19.2. The lowest BCUT2D eigenvalue weighted by Gasteiger charge is -2.30. The van der Waals surface area contributed by atoms with E-state index in [1.807, 2.05) is 18.2 Å². The Balaban J connectivity index is 1.26. The van der Waals surface area contributed by atoms with E-state index in [2.05, 4.69) is 10.2 Å². The fraction of sp³-hybridized carbons (Fsp3) is 0.552. The van der Waals surface area contributed by atoms with Crippen molar-refractivity contribution < 1.29 is 28.2 Å². The van der Waals surface area contributed by atoms with Crippen LogP contribution in [0.2, 0.25) is 0 Å². The lowest BCUT2D eigenvalue weighted by molar-refractivity contribution is -0.148. The second-order valence-corrected chi connectivity index (χ2v) is 10.5. The number of ether oxygens (including phenoxy) is 2. The molecule has 5 rings (SSSR count). The number of hydrogen-bond donors (Lipinski definition) is 2. The van der Waals surface area contributed by atoms with Gasteiger partial charge >= 0.3 is 5.92 Å². The van der Waals surface area contributed by atoms with Crippen LogP contribution in [0.3, 0.4) is 0 Å². The van der Waals surface area contributed by atoms with Crippen LogP contribution in [0.15, 0.2) is 36.4 Å². The van der Waals surface area contributed by atoms with E-state index in [1.54, 1.807) is 18.2 Å². The van der Waals surface area contributed by atoms with E-state index in [-0.39, 0.29) is 6.42 Å². The Kier molecular flexibility index (Phi) is 7.95. The molecule has 2 atom stereocenters. The van der Waals surface area contributed by atoms with E-state index in [9.17, 15) is 9.90 Å². The van der Waals surface area contributed by atoms with Gasteiger partial charge in [0.05, 0.1) is 6.04 Å². The van der Waals surface area contributed by atoms with Crippen molar-refractivity contribution in [2.45, 2.75) is 69.4 Å². The van der Waals surface area contributed by atoms with Crippen LogP contribution >= 0.6 is 0 Å².